The maximum atomic E-state index is 13.1. The quantitative estimate of drug-likeness (QED) is 0.671. The van der Waals surface area contributed by atoms with E-state index in [4.69, 9.17) is 4.74 Å². The van der Waals surface area contributed by atoms with Gasteiger partial charge in [0.2, 0.25) is 6.10 Å². The molecule has 2 aliphatic rings. The Hall–Kier alpha value is -2.17. The highest BCUT2D eigenvalue weighted by atomic mass is 19.1. The summed E-state index contributed by atoms with van der Waals surface area (Å²) in [5.41, 5.74) is 0.490. The second-order valence-electron chi connectivity index (χ2n) is 6.13. The van der Waals surface area contributed by atoms with Crippen LogP contribution in [0.2, 0.25) is 0 Å². The lowest BCUT2D eigenvalue weighted by molar-refractivity contribution is -0.160. The summed E-state index contributed by atoms with van der Waals surface area (Å²) >= 11 is 0. The maximum Gasteiger partial charge on any atom is 0.310 e. The van der Waals surface area contributed by atoms with Crippen molar-refractivity contribution in [1.29, 1.82) is 0 Å². The molecule has 1 saturated carbocycles. The third-order valence-corrected chi connectivity index (χ3v) is 4.17. The van der Waals surface area contributed by atoms with E-state index >= 15 is 0 Å². The molecule has 23 heavy (non-hydrogen) atoms. The van der Waals surface area contributed by atoms with Gasteiger partial charge >= 0.3 is 5.97 Å². The second-order valence-corrected chi connectivity index (χ2v) is 6.13. The van der Waals surface area contributed by atoms with Gasteiger partial charge in [-0.05, 0) is 44.2 Å². The van der Waals surface area contributed by atoms with Crippen molar-refractivity contribution in [3.8, 4) is 0 Å². The molecule has 122 valence electrons. The molecule has 0 radical (unpaired) electrons. The average molecular weight is 317 g/mol. The molecule has 1 aromatic carbocycles. The first-order valence-electron chi connectivity index (χ1n) is 8.05. The fraction of sp³-hybridized carbons (Fsp3) is 0.444. The topological polar surface area (TPSA) is 55.4 Å². The minimum atomic E-state index is -1.02. The first-order valence-corrected chi connectivity index (χ1v) is 8.05. The summed E-state index contributed by atoms with van der Waals surface area (Å²) in [6, 6.07) is 5.68. The third kappa shape index (κ3) is 4.18. The number of hydrogen-bond acceptors (Lipinski definition) is 3. The normalized spacial score (nSPS) is 21.5. The van der Waals surface area contributed by atoms with Crippen LogP contribution in [0.5, 0.6) is 0 Å². The van der Waals surface area contributed by atoms with Crippen molar-refractivity contribution < 1.29 is 18.7 Å². The summed E-state index contributed by atoms with van der Waals surface area (Å²) in [6.45, 7) is 0. The van der Waals surface area contributed by atoms with Crippen molar-refractivity contribution in [2.75, 3.05) is 0 Å². The summed E-state index contributed by atoms with van der Waals surface area (Å²) in [4.78, 5) is 24.7. The van der Waals surface area contributed by atoms with Crippen LogP contribution in [-0.4, -0.2) is 17.9 Å². The first kappa shape index (κ1) is 15.7. The third-order valence-electron chi connectivity index (χ3n) is 4.17. The number of carbonyl (C=O) groups excluding carboxylic acids is 2. The van der Waals surface area contributed by atoms with E-state index in [-0.39, 0.29) is 29.7 Å². The van der Waals surface area contributed by atoms with Crippen LogP contribution in [0.15, 0.2) is 36.4 Å². The van der Waals surface area contributed by atoms with E-state index in [0.717, 1.165) is 25.7 Å². The van der Waals surface area contributed by atoms with Crippen LogP contribution in [0.3, 0.4) is 0 Å². The fourth-order valence-corrected chi connectivity index (χ4v) is 2.64. The van der Waals surface area contributed by atoms with Gasteiger partial charge in [0.05, 0.1) is 5.92 Å². The molecule has 3 rings (SSSR count). The van der Waals surface area contributed by atoms with Crippen LogP contribution in [-0.2, 0) is 14.3 Å². The van der Waals surface area contributed by atoms with E-state index in [9.17, 15) is 14.0 Å². The SMILES string of the molecule is O=C(OC(C(=O)NC1CC1)c1ccc(F)cc1)C1CC=CCC1. The van der Waals surface area contributed by atoms with Crippen LogP contribution in [0, 0.1) is 11.7 Å². The maximum absolute atomic E-state index is 13.1. The molecule has 0 spiro atoms. The number of amides is 1. The predicted molar refractivity (Wildman–Crippen MR) is 82.9 cm³/mol. The number of nitrogens with one attached hydrogen (secondary N) is 1. The minimum absolute atomic E-state index is 0.168. The number of rotatable bonds is 5. The Labute approximate surface area is 134 Å². The van der Waals surface area contributed by atoms with Crippen molar-refractivity contribution in [3.63, 3.8) is 0 Å². The lowest BCUT2D eigenvalue weighted by Gasteiger charge is -2.22. The van der Waals surface area contributed by atoms with Crippen LogP contribution in [0.25, 0.3) is 0 Å². The van der Waals surface area contributed by atoms with Gasteiger partial charge in [0.1, 0.15) is 5.82 Å². The average Bonchev–Trinajstić information content (AvgIpc) is 3.38. The summed E-state index contributed by atoms with van der Waals surface area (Å²) in [6.07, 6.45) is 7.10. The number of halogens is 1. The summed E-state index contributed by atoms with van der Waals surface area (Å²) < 4.78 is 18.6. The van der Waals surface area contributed by atoms with Gasteiger partial charge in [0.15, 0.2) is 0 Å². The molecule has 0 bridgehead atoms. The number of hydrogen-bond donors (Lipinski definition) is 1. The van der Waals surface area contributed by atoms with Crippen molar-refractivity contribution in [1.82, 2.24) is 5.32 Å². The lowest BCUT2D eigenvalue weighted by Crippen LogP contribution is -2.35. The Morgan fingerprint density at radius 2 is 1.87 bits per heavy atom. The van der Waals surface area contributed by atoms with Gasteiger partial charge in [0.25, 0.3) is 5.91 Å². The summed E-state index contributed by atoms with van der Waals surface area (Å²) in [5, 5.41) is 2.85. The molecule has 2 atom stereocenters. The highest BCUT2D eigenvalue weighted by Gasteiger charge is 2.32. The van der Waals surface area contributed by atoms with Crippen LogP contribution >= 0.6 is 0 Å². The van der Waals surface area contributed by atoms with Crippen molar-refractivity contribution in [2.24, 2.45) is 5.92 Å². The molecule has 4 nitrogen and oxygen atoms in total. The molecular weight excluding hydrogens is 297 g/mol. The van der Waals surface area contributed by atoms with E-state index < -0.39 is 6.10 Å². The van der Waals surface area contributed by atoms with Crippen LogP contribution < -0.4 is 5.32 Å². The Bertz CT molecular complexity index is 607. The van der Waals surface area contributed by atoms with Gasteiger partial charge in [-0.1, -0.05) is 24.3 Å². The van der Waals surface area contributed by atoms with Crippen molar-refractivity contribution >= 4 is 11.9 Å². The van der Waals surface area contributed by atoms with Crippen LogP contribution in [0.1, 0.15) is 43.8 Å². The molecular formula is C18H20FNO3. The zero-order valence-electron chi connectivity index (χ0n) is 12.8. The highest BCUT2D eigenvalue weighted by molar-refractivity contribution is 5.86. The molecule has 1 fully saturated rings. The molecule has 1 aromatic rings. The van der Waals surface area contributed by atoms with E-state index in [1.807, 2.05) is 12.2 Å². The van der Waals surface area contributed by atoms with Gasteiger partial charge < -0.3 is 10.1 Å². The summed E-state index contributed by atoms with van der Waals surface area (Å²) in [7, 11) is 0. The molecule has 1 amide bonds. The number of carbonyl (C=O) groups is 2. The Kier molecular flexibility index (Phi) is 4.74. The number of ether oxygens (including phenoxy) is 1. The minimum Gasteiger partial charge on any atom is -0.447 e. The monoisotopic (exact) mass is 317 g/mol. The first-order chi connectivity index (χ1) is 11.1. The largest absolute Gasteiger partial charge is 0.447 e. The van der Waals surface area contributed by atoms with Gasteiger partial charge in [-0.2, -0.15) is 0 Å². The standard InChI is InChI=1S/C18H20FNO3/c19-14-8-6-12(7-9-14)16(17(21)20-15-10-11-15)23-18(22)13-4-2-1-3-5-13/h1-2,6-9,13,15-16H,3-5,10-11H2,(H,20,21). The molecule has 2 unspecified atom stereocenters. The number of esters is 1. The van der Waals surface area contributed by atoms with E-state index in [1.54, 1.807) is 0 Å². The van der Waals surface area contributed by atoms with E-state index in [0.29, 0.717) is 12.0 Å². The van der Waals surface area contributed by atoms with Gasteiger partial charge in [-0.15, -0.1) is 0 Å². The van der Waals surface area contributed by atoms with Crippen molar-refractivity contribution in [2.45, 2.75) is 44.2 Å². The van der Waals surface area contributed by atoms with Crippen molar-refractivity contribution in [3.05, 3.63) is 47.8 Å². The molecule has 0 aliphatic heterocycles. The summed E-state index contributed by atoms with van der Waals surface area (Å²) in [5.74, 6) is -1.30. The van der Waals surface area contributed by atoms with Gasteiger partial charge in [0, 0.05) is 11.6 Å². The predicted octanol–water partition coefficient (Wildman–Crippen LogP) is 3.04. The Balaban J connectivity index is 1.73. The molecule has 5 heteroatoms. The van der Waals surface area contributed by atoms with E-state index in [1.165, 1.54) is 24.3 Å². The van der Waals surface area contributed by atoms with E-state index in [2.05, 4.69) is 5.32 Å². The number of allylic oxidation sites excluding steroid dienone is 2. The Morgan fingerprint density at radius 1 is 1.13 bits per heavy atom. The van der Waals surface area contributed by atoms with Crippen LogP contribution in [0.4, 0.5) is 4.39 Å². The zero-order chi connectivity index (χ0) is 16.2. The van der Waals surface area contributed by atoms with Gasteiger partial charge in [-0.3, -0.25) is 9.59 Å². The highest BCUT2D eigenvalue weighted by Crippen LogP contribution is 2.26. The van der Waals surface area contributed by atoms with Gasteiger partial charge in [-0.25, -0.2) is 4.39 Å². The fourth-order valence-electron chi connectivity index (χ4n) is 2.64. The number of benzene rings is 1. The molecule has 2 aliphatic carbocycles. The Morgan fingerprint density at radius 3 is 2.48 bits per heavy atom. The molecule has 0 saturated heterocycles. The second kappa shape index (κ2) is 6.94. The molecule has 0 aromatic heterocycles. The molecule has 0 heterocycles. The molecule has 1 N–H and O–H groups in total. The zero-order valence-corrected chi connectivity index (χ0v) is 12.8. The lowest BCUT2D eigenvalue weighted by atomic mass is 9.94. The smallest absolute Gasteiger partial charge is 0.310 e.